The molecule has 1 heterocycles. The number of rotatable bonds is 4. The first-order valence-electron chi connectivity index (χ1n) is 5.44. The number of esters is 2. The molecule has 0 radical (unpaired) electrons. The van der Waals surface area contributed by atoms with Crippen molar-refractivity contribution in [2.75, 3.05) is 0 Å². The monoisotopic (exact) mass is 270 g/mol. The molecule has 0 bridgehead atoms. The van der Waals surface area contributed by atoms with E-state index >= 15 is 0 Å². The maximum atomic E-state index is 11.7. The van der Waals surface area contributed by atoms with Gasteiger partial charge in [-0.05, 0) is 0 Å². The molecule has 0 amide bonds. The van der Waals surface area contributed by atoms with Gasteiger partial charge in [0.1, 0.15) is 0 Å². The zero-order valence-electron chi connectivity index (χ0n) is 11.0. The van der Waals surface area contributed by atoms with E-state index in [9.17, 15) is 19.2 Å². The Bertz CT molecular complexity index is 484. The van der Waals surface area contributed by atoms with E-state index in [1.54, 1.807) is 0 Å². The second-order valence-corrected chi connectivity index (χ2v) is 4.01. The van der Waals surface area contributed by atoms with E-state index < -0.39 is 35.5 Å². The fraction of sp³-hybridized carbons (Fsp3) is 0.545. The number of Topliss-reactive ketones (excluding diaryl/α,β-unsaturated/α-hetero) is 2. The average molecular weight is 270 g/mol. The van der Waals surface area contributed by atoms with Gasteiger partial charge in [0, 0.05) is 27.7 Å². The first-order valence-corrected chi connectivity index (χ1v) is 5.44. The topological polar surface area (TPSA) is 111 Å². The summed E-state index contributed by atoms with van der Waals surface area (Å²) in [6.07, 6.45) is -1.43. The largest absolute Gasteiger partial charge is 0.433 e. The number of carbonyl (C=O) groups excluding carboxylic acids is 4. The summed E-state index contributed by atoms with van der Waals surface area (Å²) in [4.78, 5) is 48.9. The average Bonchev–Trinajstić information content (AvgIpc) is 2.57. The number of ketones is 2. The van der Waals surface area contributed by atoms with Crippen molar-refractivity contribution in [3.63, 3.8) is 0 Å². The molecule has 2 atom stereocenters. The van der Waals surface area contributed by atoms with Crippen LogP contribution >= 0.6 is 0 Å². The van der Waals surface area contributed by atoms with Crippen LogP contribution in [0.25, 0.3) is 0 Å². The maximum absolute atomic E-state index is 11.7. The van der Waals surface area contributed by atoms with E-state index in [1.807, 2.05) is 0 Å². The highest BCUT2D eigenvalue weighted by atomic mass is 16.6. The van der Waals surface area contributed by atoms with Gasteiger partial charge in [-0.1, -0.05) is 0 Å². The summed E-state index contributed by atoms with van der Waals surface area (Å²) in [6.45, 7) is 4.54. The Labute approximate surface area is 109 Å². The van der Waals surface area contributed by atoms with Crippen LogP contribution < -0.4 is 5.32 Å². The van der Waals surface area contributed by atoms with Crippen LogP contribution in [0.5, 0.6) is 0 Å². The Balaban J connectivity index is 3.20. The summed E-state index contributed by atoms with van der Waals surface area (Å²) in [6, 6.07) is 0. The van der Waals surface area contributed by atoms with Gasteiger partial charge >= 0.3 is 17.7 Å². The van der Waals surface area contributed by atoms with Crippen LogP contribution in [0.3, 0.4) is 0 Å². The minimum absolute atomic E-state index is 0.192. The van der Waals surface area contributed by atoms with Crippen molar-refractivity contribution in [1.29, 1.82) is 0 Å². The van der Waals surface area contributed by atoms with E-state index in [0.29, 0.717) is 0 Å². The lowest BCUT2D eigenvalue weighted by atomic mass is 10.1. The molecule has 1 aliphatic heterocycles. The van der Waals surface area contributed by atoms with Gasteiger partial charge in [-0.15, -0.1) is 0 Å². The van der Waals surface area contributed by atoms with Gasteiger partial charge in [-0.25, -0.2) is 4.99 Å². The van der Waals surface area contributed by atoms with Crippen molar-refractivity contribution < 1.29 is 28.7 Å². The second-order valence-electron chi connectivity index (χ2n) is 4.01. The zero-order chi connectivity index (χ0) is 14.8. The first-order chi connectivity index (χ1) is 8.69. The Morgan fingerprint density at radius 2 is 1.68 bits per heavy atom. The summed E-state index contributed by atoms with van der Waals surface area (Å²) >= 11 is 0. The molecule has 1 N–H and O–H groups in total. The van der Waals surface area contributed by atoms with Crippen LogP contribution in [0.15, 0.2) is 4.99 Å². The summed E-state index contributed by atoms with van der Waals surface area (Å²) in [5.41, 5.74) is -1.99. The van der Waals surface area contributed by atoms with Crippen LogP contribution in [-0.2, 0) is 28.7 Å². The van der Waals surface area contributed by atoms with Gasteiger partial charge in [0.25, 0.3) is 6.23 Å². The molecule has 0 spiro atoms. The Morgan fingerprint density at radius 3 is 2.05 bits per heavy atom. The fourth-order valence-corrected chi connectivity index (χ4v) is 1.56. The molecule has 0 saturated carbocycles. The van der Waals surface area contributed by atoms with Crippen molar-refractivity contribution in [3.8, 4) is 0 Å². The van der Waals surface area contributed by atoms with Crippen LogP contribution in [-0.4, -0.2) is 41.3 Å². The van der Waals surface area contributed by atoms with Crippen molar-refractivity contribution in [2.24, 2.45) is 4.99 Å². The van der Waals surface area contributed by atoms with Crippen LogP contribution in [0.1, 0.15) is 27.7 Å². The number of carbonyl (C=O) groups is 4. The number of ether oxygens (including phenoxy) is 2. The molecule has 8 heteroatoms. The van der Waals surface area contributed by atoms with E-state index in [4.69, 9.17) is 9.47 Å². The molecular formula is C11H14N2O6. The molecule has 0 aliphatic carbocycles. The predicted molar refractivity (Wildman–Crippen MR) is 62.0 cm³/mol. The predicted octanol–water partition coefficient (Wildman–Crippen LogP) is -0.685. The van der Waals surface area contributed by atoms with Crippen LogP contribution in [0, 0.1) is 0 Å². The fourth-order valence-electron chi connectivity index (χ4n) is 1.56. The van der Waals surface area contributed by atoms with E-state index in [1.165, 1.54) is 6.92 Å². The van der Waals surface area contributed by atoms with Crippen molar-refractivity contribution in [3.05, 3.63) is 0 Å². The summed E-state index contributed by atoms with van der Waals surface area (Å²) in [5.74, 6) is -2.82. The molecule has 0 fully saturated rings. The normalized spacial score (nSPS) is 25.1. The number of hydrogen-bond donors (Lipinski definition) is 1. The lowest BCUT2D eigenvalue weighted by Gasteiger charge is -2.30. The molecule has 0 aromatic rings. The summed E-state index contributed by atoms with van der Waals surface area (Å²) in [5, 5.41) is 2.42. The Morgan fingerprint density at radius 1 is 1.11 bits per heavy atom. The Kier molecular flexibility index (Phi) is 4.03. The highest BCUT2D eigenvalue weighted by Crippen LogP contribution is 2.25. The van der Waals surface area contributed by atoms with Crippen LogP contribution in [0.4, 0.5) is 0 Å². The molecule has 104 valence electrons. The zero-order valence-corrected chi connectivity index (χ0v) is 11.0. The molecule has 1 rings (SSSR count). The maximum Gasteiger partial charge on any atom is 0.305 e. The third-order valence-corrected chi connectivity index (χ3v) is 2.34. The van der Waals surface area contributed by atoms with Crippen molar-refractivity contribution in [1.82, 2.24) is 5.32 Å². The minimum Gasteiger partial charge on any atom is -0.433 e. The van der Waals surface area contributed by atoms with Gasteiger partial charge < -0.3 is 14.8 Å². The number of amidine groups is 1. The third kappa shape index (κ3) is 2.95. The van der Waals surface area contributed by atoms with E-state index in [-0.39, 0.29) is 5.84 Å². The first kappa shape index (κ1) is 14.8. The molecule has 0 aromatic heterocycles. The van der Waals surface area contributed by atoms with E-state index in [2.05, 4.69) is 10.3 Å². The van der Waals surface area contributed by atoms with Gasteiger partial charge in [-0.3, -0.25) is 19.2 Å². The molecule has 19 heavy (non-hydrogen) atoms. The van der Waals surface area contributed by atoms with Gasteiger partial charge in [0.05, 0.1) is 0 Å². The third-order valence-electron chi connectivity index (χ3n) is 2.34. The molecular weight excluding hydrogens is 256 g/mol. The standard InChI is InChI=1S/C11H14N2O6/c1-5(14)9-12-10(18-7(3)16)11(13-9,6(2)15)19-8(4)17/h10H,1-4H3,(H,12,13). The summed E-state index contributed by atoms with van der Waals surface area (Å²) in [7, 11) is 0. The lowest BCUT2D eigenvalue weighted by Crippen LogP contribution is -2.60. The molecule has 0 saturated heterocycles. The minimum atomic E-state index is -1.99. The molecule has 0 aromatic carbocycles. The number of hydrogen-bond acceptors (Lipinski definition) is 8. The second kappa shape index (κ2) is 5.17. The number of aliphatic imine (C=N–C) groups is 1. The SMILES string of the molecule is CC(=O)OC1N=C(C(C)=O)NC1(OC(C)=O)C(C)=O. The lowest BCUT2D eigenvalue weighted by molar-refractivity contribution is -0.187. The highest BCUT2D eigenvalue weighted by Gasteiger charge is 2.54. The number of nitrogens with zero attached hydrogens (tertiary/aromatic N) is 1. The molecule has 2 unspecified atom stereocenters. The van der Waals surface area contributed by atoms with Gasteiger partial charge in [0.2, 0.25) is 5.78 Å². The quantitative estimate of drug-likeness (QED) is 0.673. The van der Waals surface area contributed by atoms with Crippen molar-refractivity contribution >= 4 is 29.3 Å². The Hall–Kier alpha value is -2.25. The molecule has 1 aliphatic rings. The smallest absolute Gasteiger partial charge is 0.305 e. The van der Waals surface area contributed by atoms with Gasteiger partial charge in [0.15, 0.2) is 11.6 Å². The van der Waals surface area contributed by atoms with E-state index in [0.717, 1.165) is 20.8 Å². The number of nitrogens with one attached hydrogen (secondary N) is 1. The van der Waals surface area contributed by atoms with Crippen molar-refractivity contribution in [2.45, 2.75) is 39.6 Å². The highest BCUT2D eigenvalue weighted by molar-refractivity contribution is 6.39. The summed E-state index contributed by atoms with van der Waals surface area (Å²) < 4.78 is 9.74. The van der Waals surface area contributed by atoms with Gasteiger partial charge in [-0.2, -0.15) is 0 Å². The molecule has 8 nitrogen and oxygen atoms in total. The van der Waals surface area contributed by atoms with Crippen LogP contribution in [0.2, 0.25) is 0 Å².